The second-order valence-electron chi connectivity index (χ2n) is 9.16. The first-order valence-corrected chi connectivity index (χ1v) is 9.80. The number of ether oxygens (including phenoxy) is 1. The van der Waals surface area contributed by atoms with Crippen molar-refractivity contribution in [3.8, 4) is 0 Å². The van der Waals surface area contributed by atoms with Crippen molar-refractivity contribution in [2.45, 2.75) is 97.4 Å². The first-order chi connectivity index (χ1) is 11.8. The number of amides is 1. The van der Waals surface area contributed by atoms with Gasteiger partial charge in [-0.2, -0.15) is 0 Å². The summed E-state index contributed by atoms with van der Waals surface area (Å²) in [5.74, 6) is 2.02. The van der Waals surface area contributed by atoms with Crippen LogP contribution in [0.15, 0.2) is 12.1 Å². The van der Waals surface area contributed by atoms with Crippen molar-refractivity contribution in [3.63, 3.8) is 0 Å². The van der Waals surface area contributed by atoms with E-state index in [-0.39, 0.29) is 24.4 Å². The zero-order chi connectivity index (χ0) is 20.0. The Kier molecular flexibility index (Phi) is 8.21. The van der Waals surface area contributed by atoms with E-state index < -0.39 is 5.60 Å². The van der Waals surface area contributed by atoms with Crippen LogP contribution in [0.1, 0.15) is 80.6 Å². The van der Waals surface area contributed by atoms with Crippen molar-refractivity contribution >= 4 is 13.2 Å². The van der Waals surface area contributed by atoms with Crippen LogP contribution < -0.4 is 0 Å². The van der Waals surface area contributed by atoms with Gasteiger partial charge >= 0.3 is 13.2 Å². The molecule has 1 amide bonds. The van der Waals surface area contributed by atoms with E-state index in [9.17, 15) is 4.79 Å². The molecular weight excluding hydrogens is 329 g/mol. The van der Waals surface area contributed by atoms with Gasteiger partial charge in [-0.3, -0.25) is 0 Å². The summed E-state index contributed by atoms with van der Waals surface area (Å²) >= 11 is 0. The minimum absolute atomic E-state index is 0.247. The Labute approximate surface area is 160 Å². The first-order valence-electron chi connectivity index (χ1n) is 9.80. The van der Waals surface area contributed by atoms with E-state index in [1.54, 1.807) is 11.9 Å². The standard InChI is InChI=1S/C20H38BNO4/c1-18(2,3)24-17(23)22(8)16-14-12-10-9-11-13-15-21-25-19(4,5)20(6,7)26-21/h13,15H,9-12,14,16H2,1-8H3/b15-13+. The van der Waals surface area contributed by atoms with E-state index in [1.165, 1.54) is 0 Å². The van der Waals surface area contributed by atoms with Crippen LogP contribution in [-0.4, -0.2) is 48.5 Å². The molecule has 1 saturated heterocycles. The summed E-state index contributed by atoms with van der Waals surface area (Å²) < 4.78 is 17.2. The third kappa shape index (κ3) is 7.71. The highest BCUT2D eigenvalue weighted by atomic mass is 16.7. The number of carbonyl (C=O) groups excluding carboxylic acids is 1. The van der Waals surface area contributed by atoms with E-state index in [0.717, 1.165) is 38.6 Å². The zero-order valence-corrected chi connectivity index (χ0v) is 18.1. The van der Waals surface area contributed by atoms with Crippen LogP contribution in [0.25, 0.3) is 0 Å². The molecule has 1 aliphatic heterocycles. The fraction of sp³-hybridized carbons (Fsp3) is 0.850. The Morgan fingerprint density at radius 3 is 2.12 bits per heavy atom. The number of hydrogen-bond acceptors (Lipinski definition) is 4. The predicted molar refractivity (Wildman–Crippen MR) is 107 cm³/mol. The third-order valence-corrected chi connectivity index (χ3v) is 4.88. The Morgan fingerprint density at radius 2 is 1.58 bits per heavy atom. The predicted octanol–water partition coefficient (Wildman–Crippen LogP) is 4.99. The van der Waals surface area contributed by atoms with Gasteiger partial charge in [-0.05, 0) is 67.7 Å². The van der Waals surface area contributed by atoms with Gasteiger partial charge in [0.05, 0.1) is 11.2 Å². The second-order valence-corrected chi connectivity index (χ2v) is 9.16. The average molecular weight is 367 g/mol. The molecule has 1 rings (SSSR count). The summed E-state index contributed by atoms with van der Waals surface area (Å²) in [5, 5.41) is 0. The van der Waals surface area contributed by atoms with Gasteiger partial charge in [0.25, 0.3) is 0 Å². The minimum Gasteiger partial charge on any atom is -0.444 e. The lowest BCUT2D eigenvalue weighted by Gasteiger charge is -2.32. The third-order valence-electron chi connectivity index (χ3n) is 4.88. The van der Waals surface area contributed by atoms with Crippen LogP contribution in [0.2, 0.25) is 0 Å². The van der Waals surface area contributed by atoms with Crippen molar-refractivity contribution in [2.75, 3.05) is 13.6 Å². The van der Waals surface area contributed by atoms with E-state index >= 15 is 0 Å². The largest absolute Gasteiger partial charge is 0.486 e. The maximum absolute atomic E-state index is 11.9. The molecule has 0 aromatic rings. The van der Waals surface area contributed by atoms with Crippen LogP contribution >= 0.6 is 0 Å². The van der Waals surface area contributed by atoms with Gasteiger partial charge in [0.1, 0.15) is 5.60 Å². The van der Waals surface area contributed by atoms with Crippen LogP contribution in [0, 0.1) is 0 Å². The lowest BCUT2D eigenvalue weighted by Crippen LogP contribution is -2.41. The van der Waals surface area contributed by atoms with Gasteiger partial charge in [-0.25, -0.2) is 4.79 Å². The van der Waals surface area contributed by atoms with Crippen LogP contribution in [0.3, 0.4) is 0 Å². The van der Waals surface area contributed by atoms with Crippen molar-refractivity contribution in [1.82, 2.24) is 4.90 Å². The van der Waals surface area contributed by atoms with E-state index in [4.69, 9.17) is 14.0 Å². The van der Waals surface area contributed by atoms with Crippen molar-refractivity contribution < 1.29 is 18.8 Å². The number of nitrogens with zero attached hydrogens (tertiary/aromatic N) is 1. The molecule has 26 heavy (non-hydrogen) atoms. The molecule has 5 nitrogen and oxygen atoms in total. The van der Waals surface area contributed by atoms with Crippen molar-refractivity contribution in [2.24, 2.45) is 0 Å². The van der Waals surface area contributed by atoms with E-state index in [1.807, 2.05) is 26.7 Å². The number of unbranched alkanes of at least 4 members (excludes halogenated alkanes) is 4. The summed E-state index contributed by atoms with van der Waals surface area (Å²) in [7, 11) is 1.55. The highest BCUT2D eigenvalue weighted by Gasteiger charge is 2.49. The zero-order valence-electron chi connectivity index (χ0n) is 18.1. The molecule has 0 unspecified atom stereocenters. The minimum atomic E-state index is -0.436. The molecule has 0 aromatic carbocycles. The number of rotatable bonds is 8. The number of carbonyl (C=O) groups is 1. The molecular formula is C20H38BNO4. The molecule has 0 aromatic heterocycles. The maximum atomic E-state index is 11.9. The summed E-state index contributed by atoms with van der Waals surface area (Å²) in [6.07, 6.45) is 7.31. The van der Waals surface area contributed by atoms with Gasteiger partial charge in [-0.1, -0.05) is 24.9 Å². The smallest absolute Gasteiger partial charge is 0.444 e. The normalized spacial score (nSPS) is 19.2. The van der Waals surface area contributed by atoms with Crippen molar-refractivity contribution in [3.05, 3.63) is 12.1 Å². The second kappa shape index (κ2) is 9.27. The molecule has 150 valence electrons. The molecule has 0 radical (unpaired) electrons. The summed E-state index contributed by atoms with van der Waals surface area (Å²) in [6, 6.07) is 0. The van der Waals surface area contributed by atoms with Gasteiger partial charge < -0.3 is 18.9 Å². The van der Waals surface area contributed by atoms with E-state index in [0.29, 0.717) is 0 Å². The molecule has 1 aliphatic rings. The molecule has 0 bridgehead atoms. The highest BCUT2D eigenvalue weighted by Crippen LogP contribution is 2.36. The summed E-state index contributed by atoms with van der Waals surface area (Å²) in [6.45, 7) is 14.6. The number of allylic oxidation sites excluding steroid dienone is 1. The molecule has 0 N–H and O–H groups in total. The van der Waals surface area contributed by atoms with E-state index in [2.05, 4.69) is 33.8 Å². The Balaban J connectivity index is 2.11. The fourth-order valence-corrected chi connectivity index (χ4v) is 2.57. The fourth-order valence-electron chi connectivity index (χ4n) is 2.57. The first kappa shape index (κ1) is 23.0. The van der Waals surface area contributed by atoms with Gasteiger partial charge in [0.2, 0.25) is 0 Å². The quantitative estimate of drug-likeness (QED) is 0.448. The Hall–Kier alpha value is -1.01. The lowest BCUT2D eigenvalue weighted by atomic mass is 9.89. The van der Waals surface area contributed by atoms with Crippen LogP contribution in [0.4, 0.5) is 4.79 Å². The Bertz CT molecular complexity index is 467. The maximum Gasteiger partial charge on any atom is 0.486 e. The van der Waals surface area contributed by atoms with Gasteiger partial charge in [-0.15, -0.1) is 0 Å². The number of hydrogen-bond donors (Lipinski definition) is 0. The van der Waals surface area contributed by atoms with Crippen LogP contribution in [0.5, 0.6) is 0 Å². The molecule has 1 fully saturated rings. The molecule has 0 aliphatic carbocycles. The highest BCUT2D eigenvalue weighted by molar-refractivity contribution is 6.51. The molecule has 6 heteroatoms. The van der Waals surface area contributed by atoms with Gasteiger partial charge in [0.15, 0.2) is 0 Å². The SMILES string of the molecule is CN(CCCCCC/C=C/B1OC(C)(C)C(C)(C)O1)C(=O)OC(C)(C)C. The monoisotopic (exact) mass is 367 g/mol. The molecule has 0 spiro atoms. The molecule has 0 saturated carbocycles. The average Bonchev–Trinajstić information content (AvgIpc) is 2.67. The van der Waals surface area contributed by atoms with Crippen molar-refractivity contribution in [1.29, 1.82) is 0 Å². The topological polar surface area (TPSA) is 48.0 Å². The summed E-state index contributed by atoms with van der Waals surface area (Å²) in [5.41, 5.74) is -0.987. The van der Waals surface area contributed by atoms with Gasteiger partial charge in [0, 0.05) is 13.6 Å². The molecule has 0 atom stereocenters. The Morgan fingerprint density at radius 1 is 1.04 bits per heavy atom. The van der Waals surface area contributed by atoms with Crippen LogP contribution in [-0.2, 0) is 14.0 Å². The molecule has 1 heterocycles. The lowest BCUT2D eigenvalue weighted by molar-refractivity contribution is 0.00578. The summed E-state index contributed by atoms with van der Waals surface area (Å²) in [4.78, 5) is 13.5.